The predicted molar refractivity (Wildman–Crippen MR) is 88.7 cm³/mol. The Hall–Kier alpha value is -1.83. The van der Waals surface area contributed by atoms with Gasteiger partial charge in [-0.3, -0.25) is 0 Å². The van der Waals surface area contributed by atoms with E-state index in [1.165, 1.54) is 4.52 Å². The maximum absolute atomic E-state index is 13.3. The molecular weight excluding hydrogens is 331 g/mol. The van der Waals surface area contributed by atoms with Crippen LogP contribution in [0.3, 0.4) is 0 Å². The largest absolute Gasteiger partial charge is 0.433 e. The van der Waals surface area contributed by atoms with E-state index in [4.69, 9.17) is 0 Å². The standard InChI is InChI=1S/C17H22F3N5/c1-9(2)13-8-21-25-15(7-14(17(18,19)20)24-16(13)25)23-12-5-10-3-4-11(6-12)22-10/h7-12,22-23H,3-6H2,1-2H3. The molecule has 5 nitrogen and oxygen atoms in total. The third-order valence-corrected chi connectivity index (χ3v) is 5.24. The predicted octanol–water partition coefficient (Wildman–Crippen LogP) is 3.57. The van der Waals surface area contributed by atoms with Crippen molar-refractivity contribution in [2.75, 3.05) is 5.32 Å². The third-order valence-electron chi connectivity index (χ3n) is 5.24. The maximum Gasteiger partial charge on any atom is 0.433 e. The van der Waals surface area contributed by atoms with Gasteiger partial charge in [0, 0.05) is 29.8 Å². The van der Waals surface area contributed by atoms with Crippen LogP contribution in [0.1, 0.15) is 56.7 Å². The van der Waals surface area contributed by atoms with Crippen molar-refractivity contribution in [3.8, 4) is 0 Å². The van der Waals surface area contributed by atoms with Gasteiger partial charge in [0.2, 0.25) is 0 Å². The normalized spacial score (nSPS) is 26.6. The average molecular weight is 353 g/mol. The summed E-state index contributed by atoms with van der Waals surface area (Å²) in [7, 11) is 0. The van der Waals surface area contributed by atoms with Gasteiger partial charge in [0.1, 0.15) is 5.82 Å². The first-order chi connectivity index (χ1) is 11.8. The van der Waals surface area contributed by atoms with Crippen molar-refractivity contribution in [2.45, 2.75) is 69.8 Å². The lowest BCUT2D eigenvalue weighted by Gasteiger charge is -2.30. The maximum atomic E-state index is 13.3. The first kappa shape index (κ1) is 16.6. The smallest absolute Gasteiger partial charge is 0.367 e. The lowest BCUT2D eigenvalue weighted by atomic mass is 10.00. The third kappa shape index (κ3) is 3.07. The molecule has 4 heterocycles. The van der Waals surface area contributed by atoms with Gasteiger partial charge in [-0.1, -0.05) is 13.8 Å². The Labute approximate surface area is 144 Å². The Morgan fingerprint density at radius 2 is 1.92 bits per heavy atom. The van der Waals surface area contributed by atoms with E-state index in [1.54, 1.807) is 6.20 Å². The number of hydrogen-bond donors (Lipinski definition) is 2. The van der Waals surface area contributed by atoms with Crippen molar-refractivity contribution in [1.82, 2.24) is 19.9 Å². The van der Waals surface area contributed by atoms with Crippen LogP contribution in [0.25, 0.3) is 5.65 Å². The quantitative estimate of drug-likeness (QED) is 0.886. The van der Waals surface area contributed by atoms with Crippen LogP contribution in [-0.2, 0) is 6.18 Å². The summed E-state index contributed by atoms with van der Waals surface area (Å²) in [6.45, 7) is 3.85. The minimum Gasteiger partial charge on any atom is -0.367 e. The number of anilines is 1. The van der Waals surface area contributed by atoms with Crippen molar-refractivity contribution in [1.29, 1.82) is 0 Å². The van der Waals surface area contributed by atoms with Gasteiger partial charge in [0.15, 0.2) is 11.3 Å². The molecule has 2 N–H and O–H groups in total. The van der Waals surface area contributed by atoms with Crippen LogP contribution in [0.2, 0.25) is 0 Å². The first-order valence-electron chi connectivity index (χ1n) is 8.79. The minimum absolute atomic E-state index is 0.0519. The summed E-state index contributed by atoms with van der Waals surface area (Å²) in [4.78, 5) is 3.85. The summed E-state index contributed by atoms with van der Waals surface area (Å²) < 4.78 is 41.5. The molecule has 0 aliphatic carbocycles. The highest BCUT2D eigenvalue weighted by molar-refractivity contribution is 5.56. The molecule has 2 fully saturated rings. The highest BCUT2D eigenvalue weighted by Crippen LogP contribution is 2.33. The Balaban J connectivity index is 1.73. The molecule has 2 saturated heterocycles. The Morgan fingerprint density at radius 3 is 2.52 bits per heavy atom. The van der Waals surface area contributed by atoms with Crippen molar-refractivity contribution >= 4 is 11.5 Å². The molecule has 2 aromatic heterocycles. The second kappa shape index (κ2) is 5.86. The van der Waals surface area contributed by atoms with Gasteiger partial charge in [0.25, 0.3) is 0 Å². The van der Waals surface area contributed by atoms with E-state index in [-0.39, 0.29) is 17.6 Å². The van der Waals surface area contributed by atoms with Crippen molar-refractivity contribution in [2.24, 2.45) is 0 Å². The second-order valence-corrected chi connectivity index (χ2v) is 7.46. The van der Waals surface area contributed by atoms with E-state index in [2.05, 4.69) is 20.7 Å². The molecule has 0 saturated carbocycles. The average Bonchev–Trinajstić information content (AvgIpc) is 3.10. The SMILES string of the molecule is CC(C)c1cnn2c(NC3CC4CCC(C3)N4)cc(C(F)(F)F)nc12. The summed E-state index contributed by atoms with van der Waals surface area (Å²) in [6, 6.07) is 2.14. The van der Waals surface area contributed by atoms with Crippen LogP contribution in [-0.4, -0.2) is 32.7 Å². The summed E-state index contributed by atoms with van der Waals surface area (Å²) in [5, 5.41) is 11.1. The molecule has 0 aromatic carbocycles. The number of nitrogens with zero attached hydrogens (tertiary/aromatic N) is 3. The topological polar surface area (TPSA) is 54.2 Å². The van der Waals surface area contributed by atoms with Gasteiger partial charge >= 0.3 is 6.18 Å². The number of nitrogens with one attached hydrogen (secondary N) is 2. The minimum atomic E-state index is -4.48. The molecule has 25 heavy (non-hydrogen) atoms. The van der Waals surface area contributed by atoms with Crippen molar-refractivity contribution in [3.05, 3.63) is 23.5 Å². The van der Waals surface area contributed by atoms with Gasteiger partial charge in [-0.25, -0.2) is 4.98 Å². The summed E-state index contributed by atoms with van der Waals surface area (Å²) in [5.41, 5.74) is 0.130. The molecule has 2 atom stereocenters. The molecule has 136 valence electrons. The van der Waals surface area contributed by atoms with Crippen molar-refractivity contribution < 1.29 is 13.2 Å². The molecule has 8 heteroatoms. The van der Waals surface area contributed by atoms with Crippen LogP contribution in [0.4, 0.5) is 19.0 Å². The molecule has 2 unspecified atom stereocenters. The lowest BCUT2D eigenvalue weighted by molar-refractivity contribution is -0.141. The molecule has 2 bridgehead atoms. The zero-order chi connectivity index (χ0) is 17.8. The number of aromatic nitrogens is 3. The monoisotopic (exact) mass is 353 g/mol. The first-order valence-corrected chi connectivity index (χ1v) is 8.79. The van der Waals surface area contributed by atoms with E-state index in [0.717, 1.165) is 37.3 Å². The summed E-state index contributed by atoms with van der Waals surface area (Å²) >= 11 is 0. The molecule has 4 rings (SSSR count). The van der Waals surface area contributed by atoms with Gasteiger partial charge in [0.05, 0.1) is 6.20 Å². The number of halogens is 3. The summed E-state index contributed by atoms with van der Waals surface area (Å²) in [5.74, 6) is 0.423. The van der Waals surface area contributed by atoms with Gasteiger partial charge < -0.3 is 10.6 Å². The van der Waals surface area contributed by atoms with Crippen LogP contribution >= 0.6 is 0 Å². The number of hydrogen-bond acceptors (Lipinski definition) is 4. The van der Waals surface area contributed by atoms with E-state index in [1.807, 2.05) is 13.8 Å². The lowest BCUT2D eigenvalue weighted by Crippen LogP contribution is -2.43. The Bertz CT molecular complexity index is 770. The number of rotatable bonds is 3. The Kier molecular flexibility index (Phi) is 3.90. The fraction of sp³-hybridized carbons (Fsp3) is 0.647. The van der Waals surface area contributed by atoms with Gasteiger partial charge in [-0.2, -0.15) is 22.8 Å². The molecular formula is C17H22F3N5. The molecule has 0 radical (unpaired) electrons. The molecule has 2 aliphatic heterocycles. The molecule has 0 amide bonds. The highest BCUT2D eigenvalue weighted by atomic mass is 19.4. The van der Waals surface area contributed by atoms with Gasteiger partial charge in [-0.05, 0) is 31.6 Å². The highest BCUT2D eigenvalue weighted by Gasteiger charge is 2.36. The number of fused-ring (bicyclic) bond motifs is 3. The van der Waals surface area contributed by atoms with Crippen LogP contribution in [0.15, 0.2) is 12.3 Å². The van der Waals surface area contributed by atoms with Crippen molar-refractivity contribution in [3.63, 3.8) is 0 Å². The van der Waals surface area contributed by atoms with E-state index < -0.39 is 11.9 Å². The molecule has 2 aromatic rings. The number of alkyl halides is 3. The number of piperidine rings is 1. The van der Waals surface area contributed by atoms with Crippen LogP contribution in [0.5, 0.6) is 0 Å². The van der Waals surface area contributed by atoms with E-state index >= 15 is 0 Å². The summed E-state index contributed by atoms with van der Waals surface area (Å²) in [6.07, 6.45) is 1.25. The van der Waals surface area contributed by atoms with Crippen LogP contribution < -0.4 is 10.6 Å². The zero-order valence-electron chi connectivity index (χ0n) is 14.3. The van der Waals surface area contributed by atoms with E-state index in [0.29, 0.717) is 17.9 Å². The Morgan fingerprint density at radius 1 is 1.24 bits per heavy atom. The van der Waals surface area contributed by atoms with Gasteiger partial charge in [-0.15, -0.1) is 0 Å². The molecule has 0 spiro atoms. The molecule has 2 aliphatic rings. The van der Waals surface area contributed by atoms with E-state index in [9.17, 15) is 13.2 Å². The second-order valence-electron chi connectivity index (χ2n) is 7.46. The fourth-order valence-corrected chi connectivity index (χ4v) is 4.02. The van der Waals surface area contributed by atoms with Crippen LogP contribution in [0, 0.1) is 0 Å². The zero-order valence-corrected chi connectivity index (χ0v) is 14.3. The fourth-order valence-electron chi connectivity index (χ4n) is 4.02.